The maximum absolute atomic E-state index is 6.28. The van der Waals surface area contributed by atoms with Crippen molar-refractivity contribution < 1.29 is 0 Å². The highest BCUT2D eigenvalue weighted by Gasteiger charge is 2.16. The zero-order chi connectivity index (χ0) is 13.1. The fourth-order valence-electron chi connectivity index (χ4n) is 2.34. The lowest BCUT2D eigenvalue weighted by Crippen LogP contribution is -2.29. The molecular weight excluding hydrogens is 232 g/mol. The van der Waals surface area contributed by atoms with Gasteiger partial charge in [-0.2, -0.15) is 0 Å². The zero-order valence-corrected chi connectivity index (χ0v) is 10.7. The van der Waals surface area contributed by atoms with Gasteiger partial charge in [0, 0.05) is 0 Å². The Morgan fingerprint density at radius 1 is 0.684 bits per heavy atom. The number of hydrogen-bond donors (Lipinski definition) is 1. The van der Waals surface area contributed by atoms with Crippen molar-refractivity contribution in [3.05, 3.63) is 83.9 Å². The molecule has 0 atom stereocenters. The Kier molecular flexibility index (Phi) is 3.17. The highest BCUT2D eigenvalue weighted by molar-refractivity contribution is 5.78. The van der Waals surface area contributed by atoms with Crippen LogP contribution in [0.3, 0.4) is 0 Å². The average Bonchev–Trinajstić information content (AvgIpc) is 2.49. The highest BCUT2D eigenvalue weighted by Crippen LogP contribution is 2.30. The standard InChI is InChI=1S/C17H16N2/c18-19-16(14-8-3-1-4-9-14)12-7-13-17(19)15-10-5-2-6-11-15/h1-6,8-13H,7,18H2. The van der Waals surface area contributed by atoms with Gasteiger partial charge in [0.2, 0.25) is 0 Å². The number of allylic oxidation sites excluding steroid dienone is 2. The molecule has 0 amide bonds. The predicted molar refractivity (Wildman–Crippen MR) is 79.5 cm³/mol. The smallest absolute Gasteiger partial charge is 0.0611 e. The van der Waals surface area contributed by atoms with Gasteiger partial charge in [0.15, 0.2) is 0 Å². The van der Waals surface area contributed by atoms with Crippen LogP contribution < -0.4 is 5.84 Å². The van der Waals surface area contributed by atoms with Crippen molar-refractivity contribution in [3.63, 3.8) is 0 Å². The van der Waals surface area contributed by atoms with Gasteiger partial charge < -0.3 is 0 Å². The van der Waals surface area contributed by atoms with E-state index in [0.717, 1.165) is 28.9 Å². The first-order valence-electron chi connectivity index (χ1n) is 6.42. The monoisotopic (exact) mass is 248 g/mol. The quantitative estimate of drug-likeness (QED) is 0.822. The van der Waals surface area contributed by atoms with E-state index in [-0.39, 0.29) is 0 Å². The van der Waals surface area contributed by atoms with E-state index in [2.05, 4.69) is 36.4 Å². The van der Waals surface area contributed by atoms with Crippen LogP contribution in [0.2, 0.25) is 0 Å². The Labute approximate surface area is 113 Å². The Balaban J connectivity index is 1.94. The Hall–Kier alpha value is -2.32. The molecule has 2 N–H and O–H groups in total. The van der Waals surface area contributed by atoms with Crippen LogP contribution in [0.25, 0.3) is 11.4 Å². The molecule has 1 aliphatic rings. The lowest BCUT2D eigenvalue weighted by molar-refractivity contribution is 0.585. The molecule has 0 radical (unpaired) electrons. The summed E-state index contributed by atoms with van der Waals surface area (Å²) in [6.45, 7) is 0. The number of rotatable bonds is 2. The summed E-state index contributed by atoms with van der Waals surface area (Å²) >= 11 is 0. The number of nitrogens with zero attached hydrogens (tertiary/aromatic N) is 1. The van der Waals surface area contributed by atoms with Crippen molar-refractivity contribution in [2.45, 2.75) is 6.42 Å². The largest absolute Gasteiger partial charge is 0.279 e. The molecule has 2 nitrogen and oxygen atoms in total. The Morgan fingerprint density at radius 2 is 1.11 bits per heavy atom. The summed E-state index contributed by atoms with van der Waals surface area (Å²) in [6.07, 6.45) is 5.21. The second-order valence-electron chi connectivity index (χ2n) is 4.52. The molecule has 0 fully saturated rings. The van der Waals surface area contributed by atoms with E-state index in [1.165, 1.54) is 0 Å². The van der Waals surface area contributed by atoms with E-state index in [0.29, 0.717) is 0 Å². The first-order chi connectivity index (χ1) is 9.36. The molecule has 1 heterocycles. The predicted octanol–water partition coefficient (Wildman–Crippen LogP) is 3.65. The summed E-state index contributed by atoms with van der Waals surface area (Å²) in [6, 6.07) is 20.5. The first-order valence-corrected chi connectivity index (χ1v) is 6.42. The van der Waals surface area contributed by atoms with Crippen LogP contribution in [0.4, 0.5) is 0 Å². The molecule has 0 bridgehead atoms. The zero-order valence-electron chi connectivity index (χ0n) is 10.7. The van der Waals surface area contributed by atoms with E-state index in [1.807, 2.05) is 36.4 Å². The minimum atomic E-state index is 0.905. The average molecular weight is 248 g/mol. The van der Waals surface area contributed by atoms with Crippen LogP contribution in [-0.2, 0) is 0 Å². The van der Waals surface area contributed by atoms with Crippen LogP contribution in [-0.4, -0.2) is 5.01 Å². The number of nitrogens with two attached hydrogens (primary N) is 1. The summed E-state index contributed by atoms with van der Waals surface area (Å²) < 4.78 is 0. The van der Waals surface area contributed by atoms with Gasteiger partial charge in [0.25, 0.3) is 0 Å². The molecule has 2 aromatic carbocycles. The van der Waals surface area contributed by atoms with Crippen molar-refractivity contribution in [1.82, 2.24) is 5.01 Å². The maximum atomic E-state index is 6.28. The molecule has 94 valence electrons. The van der Waals surface area contributed by atoms with E-state index in [4.69, 9.17) is 5.84 Å². The Morgan fingerprint density at radius 3 is 1.53 bits per heavy atom. The van der Waals surface area contributed by atoms with Crippen LogP contribution >= 0.6 is 0 Å². The minimum absolute atomic E-state index is 0.905. The summed E-state index contributed by atoms with van der Waals surface area (Å²) in [5.74, 6) is 6.28. The summed E-state index contributed by atoms with van der Waals surface area (Å²) in [4.78, 5) is 0. The molecule has 0 aromatic heterocycles. The number of hydrazine groups is 1. The molecule has 19 heavy (non-hydrogen) atoms. The van der Waals surface area contributed by atoms with Crippen LogP contribution in [0.5, 0.6) is 0 Å². The van der Waals surface area contributed by atoms with Gasteiger partial charge >= 0.3 is 0 Å². The van der Waals surface area contributed by atoms with Gasteiger partial charge in [0.1, 0.15) is 0 Å². The third-order valence-corrected chi connectivity index (χ3v) is 3.28. The van der Waals surface area contributed by atoms with Crippen molar-refractivity contribution >= 4 is 11.4 Å². The fraction of sp³-hybridized carbons (Fsp3) is 0.0588. The van der Waals surface area contributed by atoms with Gasteiger partial charge in [0.05, 0.1) is 11.4 Å². The van der Waals surface area contributed by atoms with Crippen molar-refractivity contribution in [3.8, 4) is 0 Å². The molecule has 0 aliphatic carbocycles. The molecule has 1 aliphatic heterocycles. The van der Waals surface area contributed by atoms with Crippen LogP contribution in [0.15, 0.2) is 72.8 Å². The third kappa shape index (κ3) is 2.30. The minimum Gasteiger partial charge on any atom is -0.279 e. The van der Waals surface area contributed by atoms with E-state index < -0.39 is 0 Å². The SMILES string of the molecule is NN1C(c2ccccc2)=CCC=C1c1ccccc1. The molecule has 0 saturated heterocycles. The number of benzene rings is 2. The molecule has 2 heteroatoms. The Bertz CT molecular complexity index is 557. The second-order valence-corrected chi connectivity index (χ2v) is 4.52. The van der Waals surface area contributed by atoms with Gasteiger partial charge in [-0.15, -0.1) is 0 Å². The summed E-state index contributed by atoms with van der Waals surface area (Å²) in [7, 11) is 0. The molecule has 0 saturated carbocycles. The topological polar surface area (TPSA) is 29.3 Å². The summed E-state index contributed by atoms with van der Waals surface area (Å²) in [5, 5.41) is 1.77. The van der Waals surface area contributed by atoms with Gasteiger partial charge in [-0.3, -0.25) is 5.01 Å². The van der Waals surface area contributed by atoms with Gasteiger partial charge in [-0.1, -0.05) is 72.8 Å². The first kappa shape index (κ1) is 11.8. The molecule has 0 spiro atoms. The lowest BCUT2D eigenvalue weighted by atomic mass is 10.0. The fourth-order valence-corrected chi connectivity index (χ4v) is 2.34. The second kappa shape index (κ2) is 5.12. The molecule has 2 aromatic rings. The van der Waals surface area contributed by atoms with Gasteiger partial charge in [-0.05, 0) is 17.5 Å². The molecule has 0 unspecified atom stereocenters. The molecular formula is C17H16N2. The van der Waals surface area contributed by atoms with Gasteiger partial charge in [-0.25, -0.2) is 5.84 Å². The van der Waals surface area contributed by atoms with Crippen LogP contribution in [0.1, 0.15) is 17.5 Å². The summed E-state index contributed by atoms with van der Waals surface area (Å²) in [5.41, 5.74) is 4.40. The van der Waals surface area contributed by atoms with E-state index in [9.17, 15) is 0 Å². The van der Waals surface area contributed by atoms with Crippen molar-refractivity contribution in [2.24, 2.45) is 5.84 Å². The maximum Gasteiger partial charge on any atom is 0.0611 e. The molecule has 3 rings (SSSR count). The highest BCUT2D eigenvalue weighted by atomic mass is 15.4. The van der Waals surface area contributed by atoms with E-state index in [1.54, 1.807) is 5.01 Å². The van der Waals surface area contributed by atoms with Crippen molar-refractivity contribution in [2.75, 3.05) is 0 Å². The normalized spacial score (nSPS) is 14.9. The van der Waals surface area contributed by atoms with E-state index >= 15 is 0 Å². The number of hydrogen-bond acceptors (Lipinski definition) is 2. The van der Waals surface area contributed by atoms with Crippen molar-refractivity contribution in [1.29, 1.82) is 0 Å². The third-order valence-electron chi connectivity index (χ3n) is 3.28. The lowest BCUT2D eigenvalue weighted by Gasteiger charge is -2.28. The van der Waals surface area contributed by atoms with Crippen LogP contribution in [0, 0.1) is 0 Å².